The first kappa shape index (κ1) is 13.1. The molecule has 0 spiro atoms. The van der Waals surface area contributed by atoms with Crippen LogP contribution in [-0.4, -0.2) is 11.0 Å². The van der Waals surface area contributed by atoms with Gasteiger partial charge in [0.25, 0.3) is 0 Å². The van der Waals surface area contributed by atoms with Crippen LogP contribution >= 0.6 is 15.9 Å². The molecule has 1 heterocycles. The van der Waals surface area contributed by atoms with Crippen LogP contribution in [0.25, 0.3) is 0 Å². The molecule has 0 bridgehead atoms. The van der Waals surface area contributed by atoms with E-state index in [-0.39, 0.29) is 6.04 Å². The molecule has 3 nitrogen and oxygen atoms in total. The number of nitrogens with two attached hydrogens (primary N) is 1. The minimum atomic E-state index is 0.144. The van der Waals surface area contributed by atoms with E-state index < -0.39 is 0 Å². The molecule has 0 amide bonds. The van der Waals surface area contributed by atoms with Crippen LogP contribution in [0.1, 0.15) is 12.5 Å². The third-order valence-corrected chi connectivity index (χ3v) is 2.92. The van der Waals surface area contributed by atoms with Gasteiger partial charge < -0.3 is 10.5 Å². The molecule has 1 aromatic carbocycles. The molecule has 0 saturated carbocycles. The number of pyridine rings is 1. The van der Waals surface area contributed by atoms with Crippen molar-refractivity contribution in [1.82, 2.24) is 4.98 Å². The lowest BCUT2D eigenvalue weighted by molar-refractivity contribution is 0.462. The number of rotatable bonds is 4. The quantitative estimate of drug-likeness (QED) is 0.940. The van der Waals surface area contributed by atoms with Gasteiger partial charge >= 0.3 is 0 Å². The normalized spacial score (nSPS) is 12.2. The Morgan fingerprint density at radius 2 is 1.94 bits per heavy atom. The van der Waals surface area contributed by atoms with E-state index in [1.165, 1.54) is 0 Å². The van der Waals surface area contributed by atoms with E-state index in [1.54, 1.807) is 6.20 Å². The van der Waals surface area contributed by atoms with Crippen molar-refractivity contribution in [2.24, 2.45) is 5.73 Å². The minimum Gasteiger partial charge on any atom is -0.439 e. The highest BCUT2D eigenvalue weighted by molar-refractivity contribution is 9.10. The smallest absolute Gasteiger partial charge is 0.219 e. The van der Waals surface area contributed by atoms with Gasteiger partial charge in [-0.2, -0.15) is 0 Å². The average molecular weight is 307 g/mol. The fourth-order valence-electron chi connectivity index (χ4n) is 1.59. The maximum Gasteiger partial charge on any atom is 0.219 e. The minimum absolute atomic E-state index is 0.144. The highest BCUT2D eigenvalue weighted by Gasteiger charge is 2.01. The predicted octanol–water partition coefficient (Wildman–Crippen LogP) is 3.53. The van der Waals surface area contributed by atoms with E-state index in [4.69, 9.17) is 10.5 Å². The van der Waals surface area contributed by atoms with Gasteiger partial charge in [0.05, 0.1) is 0 Å². The number of ether oxygens (including phenoxy) is 1. The second kappa shape index (κ2) is 5.98. The van der Waals surface area contributed by atoms with Crippen LogP contribution in [0.15, 0.2) is 47.1 Å². The van der Waals surface area contributed by atoms with Crippen molar-refractivity contribution in [3.8, 4) is 11.6 Å². The van der Waals surface area contributed by atoms with Crippen molar-refractivity contribution in [3.63, 3.8) is 0 Å². The standard InChI is InChI=1S/C14H15BrN2O/c1-10(16)8-11-2-7-14(17-9-11)18-13-5-3-12(15)4-6-13/h2-7,9-10H,8,16H2,1H3. The highest BCUT2D eigenvalue weighted by atomic mass is 79.9. The van der Waals surface area contributed by atoms with Gasteiger partial charge in [-0.25, -0.2) is 4.98 Å². The van der Waals surface area contributed by atoms with Gasteiger partial charge in [-0.3, -0.25) is 0 Å². The Balaban J connectivity index is 2.04. The first-order valence-electron chi connectivity index (χ1n) is 5.77. The molecule has 2 aromatic rings. The van der Waals surface area contributed by atoms with Crippen LogP contribution < -0.4 is 10.5 Å². The molecule has 0 aliphatic heterocycles. The third-order valence-electron chi connectivity index (χ3n) is 2.39. The number of halogens is 1. The Hall–Kier alpha value is -1.39. The van der Waals surface area contributed by atoms with Gasteiger partial charge in [0, 0.05) is 22.8 Å². The summed E-state index contributed by atoms with van der Waals surface area (Å²) in [5, 5.41) is 0. The lowest BCUT2D eigenvalue weighted by Crippen LogP contribution is -2.17. The zero-order chi connectivity index (χ0) is 13.0. The largest absolute Gasteiger partial charge is 0.439 e. The van der Waals surface area contributed by atoms with E-state index in [9.17, 15) is 0 Å². The summed E-state index contributed by atoms with van der Waals surface area (Å²) in [7, 11) is 0. The number of hydrogen-bond acceptors (Lipinski definition) is 3. The molecule has 2 rings (SSSR count). The van der Waals surface area contributed by atoms with Gasteiger partial charge in [-0.1, -0.05) is 22.0 Å². The summed E-state index contributed by atoms with van der Waals surface area (Å²) >= 11 is 3.38. The van der Waals surface area contributed by atoms with Crippen molar-refractivity contribution in [2.45, 2.75) is 19.4 Å². The summed E-state index contributed by atoms with van der Waals surface area (Å²) < 4.78 is 6.65. The monoisotopic (exact) mass is 306 g/mol. The van der Waals surface area contributed by atoms with Gasteiger partial charge in [0.2, 0.25) is 5.88 Å². The molecule has 4 heteroatoms. The van der Waals surface area contributed by atoms with Crippen LogP contribution in [0, 0.1) is 0 Å². The van der Waals surface area contributed by atoms with Crippen LogP contribution in [-0.2, 0) is 6.42 Å². The molecule has 94 valence electrons. The Morgan fingerprint density at radius 3 is 2.50 bits per heavy atom. The van der Waals surface area contributed by atoms with E-state index >= 15 is 0 Å². The molecule has 0 aliphatic carbocycles. The Kier molecular flexibility index (Phi) is 4.33. The molecular weight excluding hydrogens is 292 g/mol. The Bertz CT molecular complexity index is 494. The second-order valence-corrected chi connectivity index (χ2v) is 5.16. The first-order valence-corrected chi connectivity index (χ1v) is 6.57. The summed E-state index contributed by atoms with van der Waals surface area (Å²) in [6.07, 6.45) is 2.63. The van der Waals surface area contributed by atoms with Gasteiger partial charge in [0.1, 0.15) is 5.75 Å². The van der Waals surface area contributed by atoms with Gasteiger partial charge in [-0.05, 0) is 43.2 Å². The lowest BCUT2D eigenvalue weighted by atomic mass is 10.1. The van der Waals surface area contributed by atoms with Crippen molar-refractivity contribution >= 4 is 15.9 Å². The molecule has 1 atom stereocenters. The summed E-state index contributed by atoms with van der Waals surface area (Å²) in [5.74, 6) is 1.36. The summed E-state index contributed by atoms with van der Waals surface area (Å²) in [5.41, 5.74) is 6.86. The molecule has 1 unspecified atom stereocenters. The van der Waals surface area contributed by atoms with Gasteiger partial charge in [0.15, 0.2) is 0 Å². The topological polar surface area (TPSA) is 48.1 Å². The van der Waals surface area contributed by atoms with Crippen LogP contribution in [0.3, 0.4) is 0 Å². The van der Waals surface area contributed by atoms with Gasteiger partial charge in [-0.15, -0.1) is 0 Å². The molecule has 0 aliphatic rings. The van der Waals surface area contributed by atoms with E-state index in [2.05, 4.69) is 20.9 Å². The molecular formula is C14H15BrN2O. The molecule has 1 aromatic heterocycles. The molecule has 0 fully saturated rings. The molecule has 0 radical (unpaired) electrons. The maximum atomic E-state index is 5.74. The van der Waals surface area contributed by atoms with E-state index in [0.717, 1.165) is 22.2 Å². The SMILES string of the molecule is CC(N)Cc1ccc(Oc2ccc(Br)cc2)nc1. The fraction of sp³-hybridized carbons (Fsp3) is 0.214. The maximum absolute atomic E-state index is 5.74. The van der Waals surface area contributed by atoms with Crippen molar-refractivity contribution in [1.29, 1.82) is 0 Å². The summed E-state index contributed by atoms with van der Waals surface area (Å²) in [6.45, 7) is 1.98. The number of hydrogen-bond donors (Lipinski definition) is 1. The van der Waals surface area contributed by atoms with Crippen LogP contribution in [0.2, 0.25) is 0 Å². The lowest BCUT2D eigenvalue weighted by Gasteiger charge is -2.07. The summed E-state index contributed by atoms with van der Waals surface area (Å²) in [4.78, 5) is 4.26. The van der Waals surface area contributed by atoms with E-state index in [0.29, 0.717) is 5.88 Å². The molecule has 18 heavy (non-hydrogen) atoms. The first-order chi connectivity index (χ1) is 8.63. The number of nitrogens with zero attached hydrogens (tertiary/aromatic N) is 1. The van der Waals surface area contributed by atoms with Crippen LogP contribution in [0.5, 0.6) is 11.6 Å². The van der Waals surface area contributed by atoms with Crippen molar-refractivity contribution in [2.75, 3.05) is 0 Å². The van der Waals surface area contributed by atoms with Crippen LogP contribution in [0.4, 0.5) is 0 Å². The molecule has 2 N–H and O–H groups in total. The van der Waals surface area contributed by atoms with Crippen molar-refractivity contribution in [3.05, 3.63) is 52.6 Å². The average Bonchev–Trinajstić information content (AvgIpc) is 2.34. The molecule has 0 saturated heterocycles. The van der Waals surface area contributed by atoms with Crippen molar-refractivity contribution < 1.29 is 4.74 Å². The zero-order valence-electron chi connectivity index (χ0n) is 10.1. The number of benzene rings is 1. The summed E-state index contributed by atoms with van der Waals surface area (Å²) in [6, 6.07) is 11.6. The third kappa shape index (κ3) is 3.82. The number of aromatic nitrogens is 1. The predicted molar refractivity (Wildman–Crippen MR) is 75.8 cm³/mol. The second-order valence-electron chi connectivity index (χ2n) is 4.24. The highest BCUT2D eigenvalue weighted by Crippen LogP contribution is 2.21. The Labute approximate surface area is 115 Å². The Morgan fingerprint density at radius 1 is 1.22 bits per heavy atom. The zero-order valence-corrected chi connectivity index (χ0v) is 11.7. The fourth-order valence-corrected chi connectivity index (χ4v) is 1.85. The van der Waals surface area contributed by atoms with E-state index in [1.807, 2.05) is 43.3 Å².